The molecule has 1 aliphatic carbocycles. The number of carbonyl (C=O) groups is 2. The lowest BCUT2D eigenvalue weighted by Crippen LogP contribution is -2.14. The molecule has 1 amide bonds. The first-order valence-electron chi connectivity index (χ1n) is 5.50. The van der Waals surface area contributed by atoms with Crippen LogP contribution in [0, 0.1) is 11.8 Å². The molecule has 84 valence electrons. The average molecular weight is 217 g/mol. The number of Topliss-reactive ketones (excluding diaryl/α,β-unsaturated/α-hetero) is 1. The molecule has 1 N–H and O–H groups in total. The quantitative estimate of drug-likeness (QED) is 0.790. The SMILES string of the molecule is CC(=O)c1ccc(NC(=O)[C@@H]2C[C@@H]2C)cc1. The van der Waals surface area contributed by atoms with Crippen molar-refractivity contribution in [1.82, 2.24) is 0 Å². The predicted molar refractivity (Wildman–Crippen MR) is 62.3 cm³/mol. The second-order valence-corrected chi connectivity index (χ2v) is 4.44. The van der Waals surface area contributed by atoms with Gasteiger partial charge in [-0.3, -0.25) is 9.59 Å². The Hall–Kier alpha value is -1.64. The lowest BCUT2D eigenvalue weighted by Gasteiger charge is -2.04. The van der Waals surface area contributed by atoms with E-state index in [1.54, 1.807) is 24.3 Å². The highest BCUT2D eigenvalue weighted by atomic mass is 16.2. The van der Waals surface area contributed by atoms with Crippen LogP contribution in [0.3, 0.4) is 0 Å². The second-order valence-electron chi connectivity index (χ2n) is 4.44. The van der Waals surface area contributed by atoms with Crippen molar-refractivity contribution in [3.8, 4) is 0 Å². The van der Waals surface area contributed by atoms with Crippen molar-refractivity contribution in [3.63, 3.8) is 0 Å². The van der Waals surface area contributed by atoms with Crippen molar-refractivity contribution in [2.45, 2.75) is 20.3 Å². The summed E-state index contributed by atoms with van der Waals surface area (Å²) in [5, 5.41) is 2.85. The standard InChI is InChI=1S/C13H15NO2/c1-8-7-12(8)13(16)14-11-5-3-10(4-6-11)9(2)15/h3-6,8,12H,7H2,1-2H3,(H,14,16)/t8-,12+/m0/s1. The fraction of sp³-hybridized carbons (Fsp3) is 0.385. The fourth-order valence-electron chi connectivity index (χ4n) is 1.71. The van der Waals surface area contributed by atoms with Crippen LogP contribution in [0.2, 0.25) is 0 Å². The zero-order valence-electron chi connectivity index (χ0n) is 9.49. The van der Waals surface area contributed by atoms with Gasteiger partial charge in [0, 0.05) is 17.2 Å². The van der Waals surface area contributed by atoms with Crippen molar-refractivity contribution >= 4 is 17.4 Å². The molecule has 0 aliphatic heterocycles. The van der Waals surface area contributed by atoms with E-state index in [2.05, 4.69) is 12.2 Å². The van der Waals surface area contributed by atoms with Gasteiger partial charge in [0.25, 0.3) is 0 Å². The molecule has 1 aromatic rings. The minimum Gasteiger partial charge on any atom is -0.326 e. The van der Waals surface area contributed by atoms with E-state index in [4.69, 9.17) is 0 Å². The van der Waals surface area contributed by atoms with Gasteiger partial charge in [-0.25, -0.2) is 0 Å². The van der Waals surface area contributed by atoms with Crippen LogP contribution >= 0.6 is 0 Å². The van der Waals surface area contributed by atoms with Crippen molar-refractivity contribution in [2.75, 3.05) is 5.32 Å². The van der Waals surface area contributed by atoms with Crippen LogP contribution < -0.4 is 5.32 Å². The van der Waals surface area contributed by atoms with Crippen LogP contribution in [0.5, 0.6) is 0 Å². The molecule has 16 heavy (non-hydrogen) atoms. The molecular weight excluding hydrogens is 202 g/mol. The van der Waals surface area contributed by atoms with E-state index in [0.29, 0.717) is 11.5 Å². The van der Waals surface area contributed by atoms with Crippen LogP contribution in [0.1, 0.15) is 30.6 Å². The predicted octanol–water partition coefficient (Wildman–Crippen LogP) is 2.48. The summed E-state index contributed by atoms with van der Waals surface area (Å²) in [7, 11) is 0. The van der Waals surface area contributed by atoms with E-state index in [9.17, 15) is 9.59 Å². The highest BCUT2D eigenvalue weighted by Gasteiger charge is 2.38. The first-order valence-corrected chi connectivity index (χ1v) is 5.50. The minimum atomic E-state index is 0.0358. The van der Waals surface area contributed by atoms with Crippen LogP contribution in [0.25, 0.3) is 0 Å². The average Bonchev–Trinajstić information content (AvgIpc) is 2.96. The normalized spacial score (nSPS) is 22.6. The molecule has 0 aromatic heterocycles. The van der Waals surface area contributed by atoms with Crippen molar-refractivity contribution < 1.29 is 9.59 Å². The first-order chi connectivity index (χ1) is 7.58. The smallest absolute Gasteiger partial charge is 0.227 e. The van der Waals surface area contributed by atoms with Gasteiger partial charge in [0.05, 0.1) is 0 Å². The van der Waals surface area contributed by atoms with Gasteiger partial charge < -0.3 is 5.32 Å². The van der Waals surface area contributed by atoms with Crippen LogP contribution in [0.4, 0.5) is 5.69 Å². The maximum atomic E-state index is 11.6. The summed E-state index contributed by atoms with van der Waals surface area (Å²) in [5.74, 6) is 0.806. The van der Waals surface area contributed by atoms with Gasteiger partial charge in [0.15, 0.2) is 5.78 Å². The summed E-state index contributed by atoms with van der Waals surface area (Å²) in [6, 6.07) is 6.99. The molecule has 0 unspecified atom stereocenters. The van der Waals surface area contributed by atoms with E-state index >= 15 is 0 Å². The summed E-state index contributed by atoms with van der Waals surface area (Å²) >= 11 is 0. The van der Waals surface area contributed by atoms with Gasteiger partial charge in [-0.05, 0) is 43.5 Å². The lowest BCUT2D eigenvalue weighted by molar-refractivity contribution is -0.117. The van der Waals surface area contributed by atoms with Gasteiger partial charge in [0.1, 0.15) is 0 Å². The summed E-state index contributed by atoms with van der Waals surface area (Å²) in [6.07, 6.45) is 0.983. The number of anilines is 1. The van der Waals surface area contributed by atoms with Crippen molar-refractivity contribution in [2.24, 2.45) is 11.8 Å². The minimum absolute atomic E-state index is 0.0358. The molecule has 1 aliphatic rings. The molecule has 1 saturated carbocycles. The van der Waals surface area contributed by atoms with Crippen LogP contribution in [-0.4, -0.2) is 11.7 Å². The van der Waals surface area contributed by atoms with E-state index in [1.165, 1.54) is 6.92 Å². The Morgan fingerprint density at radius 1 is 1.25 bits per heavy atom. The molecule has 1 fully saturated rings. The number of amides is 1. The molecule has 0 bridgehead atoms. The third-order valence-corrected chi connectivity index (χ3v) is 3.01. The monoisotopic (exact) mass is 217 g/mol. The topological polar surface area (TPSA) is 46.2 Å². The Labute approximate surface area is 94.9 Å². The Bertz CT molecular complexity index is 422. The highest BCUT2D eigenvalue weighted by Crippen LogP contribution is 2.38. The Balaban J connectivity index is 2.00. The Morgan fingerprint density at radius 2 is 1.81 bits per heavy atom. The van der Waals surface area contributed by atoms with Crippen LogP contribution in [-0.2, 0) is 4.79 Å². The maximum Gasteiger partial charge on any atom is 0.227 e. The van der Waals surface area contributed by atoms with Gasteiger partial charge >= 0.3 is 0 Å². The molecule has 0 radical (unpaired) electrons. The summed E-state index contributed by atoms with van der Waals surface area (Å²) in [5.41, 5.74) is 1.42. The van der Waals surface area contributed by atoms with E-state index < -0.39 is 0 Å². The molecule has 3 heteroatoms. The number of nitrogens with one attached hydrogen (secondary N) is 1. The fourth-order valence-corrected chi connectivity index (χ4v) is 1.71. The van der Waals surface area contributed by atoms with Gasteiger partial charge in [0.2, 0.25) is 5.91 Å². The number of hydrogen-bond acceptors (Lipinski definition) is 2. The van der Waals surface area contributed by atoms with Crippen molar-refractivity contribution in [3.05, 3.63) is 29.8 Å². The molecule has 2 atom stereocenters. The van der Waals surface area contributed by atoms with E-state index in [1.807, 2.05) is 0 Å². The zero-order valence-corrected chi connectivity index (χ0v) is 9.49. The van der Waals surface area contributed by atoms with Gasteiger partial charge in [-0.15, -0.1) is 0 Å². The van der Waals surface area contributed by atoms with Crippen molar-refractivity contribution in [1.29, 1.82) is 0 Å². The Kier molecular flexibility index (Phi) is 2.77. The third kappa shape index (κ3) is 2.30. The largest absolute Gasteiger partial charge is 0.326 e. The molecule has 0 spiro atoms. The molecule has 1 aromatic carbocycles. The highest BCUT2D eigenvalue weighted by molar-refractivity contribution is 5.96. The zero-order chi connectivity index (χ0) is 11.7. The second kappa shape index (κ2) is 4.08. The summed E-state index contributed by atoms with van der Waals surface area (Å²) in [4.78, 5) is 22.7. The Morgan fingerprint density at radius 3 is 2.25 bits per heavy atom. The van der Waals surface area contributed by atoms with E-state index in [0.717, 1.165) is 12.1 Å². The number of ketones is 1. The first kappa shape index (κ1) is 10.9. The molecule has 2 rings (SSSR count). The molecular formula is C13H15NO2. The molecule has 0 heterocycles. The molecule has 3 nitrogen and oxygen atoms in total. The number of benzene rings is 1. The summed E-state index contributed by atoms with van der Waals surface area (Å²) in [6.45, 7) is 3.60. The number of carbonyl (C=O) groups excluding carboxylic acids is 2. The summed E-state index contributed by atoms with van der Waals surface area (Å²) < 4.78 is 0. The van der Waals surface area contributed by atoms with Crippen LogP contribution in [0.15, 0.2) is 24.3 Å². The third-order valence-electron chi connectivity index (χ3n) is 3.01. The number of hydrogen-bond donors (Lipinski definition) is 1. The van der Waals surface area contributed by atoms with E-state index in [-0.39, 0.29) is 17.6 Å². The molecule has 0 saturated heterocycles. The van der Waals surface area contributed by atoms with Gasteiger partial charge in [-0.2, -0.15) is 0 Å². The number of rotatable bonds is 3. The lowest BCUT2D eigenvalue weighted by atomic mass is 10.1. The van der Waals surface area contributed by atoms with Gasteiger partial charge in [-0.1, -0.05) is 6.92 Å². The maximum absolute atomic E-state index is 11.6.